The smallest absolute Gasteiger partial charge is 0.257 e. The van der Waals surface area contributed by atoms with Crippen LogP contribution in [-0.4, -0.2) is 85.8 Å². The number of likely N-dealkylation sites (N-methyl/N-ethyl adjacent to an activating group) is 1. The highest BCUT2D eigenvalue weighted by Gasteiger charge is 2.32. The Bertz CT molecular complexity index is 1930. The van der Waals surface area contributed by atoms with Gasteiger partial charge in [0.25, 0.3) is 5.91 Å². The number of hydrogen-bond donors (Lipinski definition) is 2. The van der Waals surface area contributed by atoms with E-state index in [1.807, 2.05) is 48.5 Å². The van der Waals surface area contributed by atoms with E-state index in [0.717, 1.165) is 26.8 Å². The molecule has 2 N–H and O–H groups in total. The Morgan fingerprint density at radius 1 is 1.12 bits per heavy atom. The second-order valence-corrected chi connectivity index (χ2v) is 13.8. The molecule has 0 fully saturated rings. The van der Waals surface area contributed by atoms with Crippen LogP contribution in [-0.2, 0) is 4.79 Å². The van der Waals surface area contributed by atoms with Crippen molar-refractivity contribution in [1.82, 2.24) is 14.5 Å². The first-order valence-corrected chi connectivity index (χ1v) is 18.0. The summed E-state index contributed by atoms with van der Waals surface area (Å²) in [5.41, 5.74) is 4.31. The van der Waals surface area contributed by atoms with Crippen molar-refractivity contribution in [3.8, 4) is 17.2 Å². The Hall–Kier alpha value is -4.51. The highest BCUT2D eigenvalue weighted by atomic mass is 35.5. The predicted molar refractivity (Wildman–Crippen MR) is 201 cm³/mol. The molecule has 0 aromatic heterocycles. The number of carbonyl (C=O) groups excluding carboxylic acids is 2. The van der Waals surface area contributed by atoms with Crippen molar-refractivity contribution < 1.29 is 24.2 Å². The number of hydrogen-bond acceptors (Lipinski definition) is 8. The van der Waals surface area contributed by atoms with Crippen molar-refractivity contribution in [3.63, 3.8) is 0 Å². The molecule has 260 valence electrons. The van der Waals surface area contributed by atoms with Gasteiger partial charge in [0.15, 0.2) is 11.5 Å². The average molecular weight is 713 g/mol. The van der Waals surface area contributed by atoms with Crippen LogP contribution in [0.1, 0.15) is 46.7 Å². The number of amides is 2. The fourth-order valence-electron chi connectivity index (χ4n) is 6.56. The standard InChI is InChI=1S/C39H41ClN4O5S/c1-41-50-29-12-10-25(11-13-29)26-16-17-44-28(19-26)23-42-34-21-37(36(48-3)20-33(34)39(44)47)49-18-6-9-38(46)43(2)24-27(22-40)30-14-15-35(45)32-8-5-4-7-31(30)32/h4-5,7-8,10-16,20-21,23,27-28,41,45H,6,9,17-19,22,24H2,1-3H3/t27-,28?/m1/s1. The van der Waals surface area contributed by atoms with Gasteiger partial charge in [0.2, 0.25) is 5.91 Å². The molecule has 2 atom stereocenters. The molecule has 4 aromatic rings. The van der Waals surface area contributed by atoms with Gasteiger partial charge in [-0.3, -0.25) is 19.3 Å². The molecule has 2 aliphatic heterocycles. The van der Waals surface area contributed by atoms with Gasteiger partial charge < -0.3 is 24.4 Å². The van der Waals surface area contributed by atoms with Gasteiger partial charge in [-0.25, -0.2) is 0 Å². The summed E-state index contributed by atoms with van der Waals surface area (Å²) in [6, 6.07) is 22.9. The summed E-state index contributed by atoms with van der Waals surface area (Å²) in [5, 5.41) is 12.0. The third kappa shape index (κ3) is 7.62. The molecule has 0 radical (unpaired) electrons. The molecular weight excluding hydrogens is 672 g/mol. The van der Waals surface area contributed by atoms with Crippen molar-refractivity contribution in [2.45, 2.75) is 36.1 Å². The Labute approximate surface area is 302 Å². The van der Waals surface area contributed by atoms with E-state index < -0.39 is 0 Å². The normalized spacial score (nSPS) is 15.9. The third-order valence-corrected chi connectivity index (χ3v) is 10.3. The quantitative estimate of drug-likeness (QED) is 0.0844. The lowest BCUT2D eigenvalue weighted by atomic mass is 9.93. The average Bonchev–Trinajstić information content (AvgIpc) is 3.27. The minimum absolute atomic E-state index is 0.0201. The number of phenolic OH excluding ortho intramolecular Hbond substituents is 1. The summed E-state index contributed by atoms with van der Waals surface area (Å²) in [6.07, 6.45) is 5.41. The van der Waals surface area contributed by atoms with Crippen molar-refractivity contribution in [2.75, 3.05) is 46.8 Å². The van der Waals surface area contributed by atoms with Crippen molar-refractivity contribution >= 4 is 63.6 Å². The van der Waals surface area contributed by atoms with E-state index in [4.69, 9.17) is 26.1 Å². The van der Waals surface area contributed by atoms with Crippen molar-refractivity contribution in [3.05, 3.63) is 95.6 Å². The van der Waals surface area contributed by atoms with E-state index in [1.54, 1.807) is 49.2 Å². The van der Waals surface area contributed by atoms with E-state index in [2.05, 4.69) is 35.1 Å². The summed E-state index contributed by atoms with van der Waals surface area (Å²) < 4.78 is 14.8. The highest BCUT2D eigenvalue weighted by molar-refractivity contribution is 7.97. The molecule has 2 amide bonds. The SMILES string of the molecule is CNSc1ccc(C2=CCN3C(=O)c4cc(OC)c(OCCCC(=O)N(C)C[C@@H](CCl)c5ccc(O)c6ccccc56)cc4N=CC3C2)cc1. The predicted octanol–water partition coefficient (Wildman–Crippen LogP) is 7.43. The second kappa shape index (κ2) is 16.0. The number of nitrogens with zero attached hydrogens (tertiary/aromatic N) is 3. The Balaban J connectivity index is 1.07. The second-order valence-electron chi connectivity index (χ2n) is 12.4. The van der Waals surface area contributed by atoms with Crippen molar-refractivity contribution in [1.29, 1.82) is 0 Å². The Kier molecular flexibility index (Phi) is 11.3. The molecular formula is C39H41ClN4O5S. The van der Waals surface area contributed by atoms with Crippen LogP contribution < -0.4 is 14.2 Å². The first-order valence-electron chi connectivity index (χ1n) is 16.6. The largest absolute Gasteiger partial charge is 0.507 e. The Morgan fingerprint density at radius 3 is 2.64 bits per heavy atom. The van der Waals surface area contributed by atoms with E-state index in [0.29, 0.717) is 54.6 Å². The van der Waals surface area contributed by atoms with Crippen LogP contribution in [0.4, 0.5) is 5.69 Å². The topological polar surface area (TPSA) is 104 Å². The molecule has 9 nitrogen and oxygen atoms in total. The number of ether oxygens (including phenoxy) is 2. The number of methoxy groups -OCH3 is 1. The zero-order valence-corrected chi connectivity index (χ0v) is 30.0. The number of alkyl halides is 1. The number of rotatable bonds is 13. The zero-order valence-electron chi connectivity index (χ0n) is 28.4. The number of benzene rings is 4. The van der Waals surface area contributed by atoms with E-state index in [9.17, 15) is 14.7 Å². The molecule has 11 heteroatoms. The summed E-state index contributed by atoms with van der Waals surface area (Å²) in [4.78, 5) is 36.3. The van der Waals surface area contributed by atoms with E-state index in [-0.39, 0.29) is 42.6 Å². The number of carbonyl (C=O) groups is 2. The molecule has 2 heterocycles. The minimum atomic E-state index is -0.175. The minimum Gasteiger partial charge on any atom is -0.507 e. The van der Waals surface area contributed by atoms with Gasteiger partial charge in [-0.2, -0.15) is 0 Å². The fourth-order valence-corrected chi connectivity index (χ4v) is 7.33. The zero-order chi connectivity index (χ0) is 35.2. The molecule has 1 unspecified atom stereocenters. The third-order valence-electron chi connectivity index (χ3n) is 9.24. The molecule has 0 saturated heterocycles. The van der Waals surface area contributed by atoms with Crippen molar-refractivity contribution in [2.24, 2.45) is 4.99 Å². The molecule has 0 saturated carbocycles. The maximum absolute atomic E-state index is 13.7. The number of nitrogens with one attached hydrogen (secondary N) is 1. The molecule has 6 rings (SSSR count). The lowest BCUT2D eigenvalue weighted by Crippen LogP contribution is -2.43. The number of halogens is 1. The number of fused-ring (bicyclic) bond motifs is 3. The number of phenols is 1. The van der Waals surface area contributed by atoms with Crippen LogP contribution in [0, 0.1) is 0 Å². The fraction of sp³-hybridized carbons (Fsp3) is 0.308. The van der Waals surface area contributed by atoms with Gasteiger partial charge in [0.1, 0.15) is 5.75 Å². The van der Waals surface area contributed by atoms with Gasteiger partial charge in [-0.05, 0) is 78.2 Å². The Morgan fingerprint density at radius 2 is 1.90 bits per heavy atom. The molecule has 0 aliphatic carbocycles. The summed E-state index contributed by atoms with van der Waals surface area (Å²) in [6.45, 7) is 1.21. The molecule has 2 aliphatic rings. The first kappa shape index (κ1) is 35.3. The first-order chi connectivity index (χ1) is 24.3. The van der Waals surface area contributed by atoms with E-state index in [1.165, 1.54) is 5.57 Å². The number of aliphatic imine (C=N–C) groups is 1. The van der Waals surface area contributed by atoms with Crippen LogP contribution in [0.2, 0.25) is 0 Å². The molecule has 0 spiro atoms. The van der Waals surface area contributed by atoms with Gasteiger partial charge in [-0.15, -0.1) is 11.6 Å². The maximum Gasteiger partial charge on any atom is 0.257 e. The van der Waals surface area contributed by atoms with Gasteiger partial charge in [0, 0.05) is 60.9 Å². The number of aromatic hydroxyl groups is 1. The lowest BCUT2D eigenvalue weighted by molar-refractivity contribution is -0.130. The van der Waals surface area contributed by atoms with Crippen LogP contribution in [0.25, 0.3) is 16.3 Å². The lowest BCUT2D eigenvalue weighted by Gasteiger charge is -2.32. The molecule has 0 bridgehead atoms. The monoisotopic (exact) mass is 712 g/mol. The molecule has 50 heavy (non-hydrogen) atoms. The summed E-state index contributed by atoms with van der Waals surface area (Å²) >= 11 is 7.96. The maximum atomic E-state index is 13.7. The van der Waals surface area contributed by atoms with Gasteiger partial charge >= 0.3 is 0 Å². The summed E-state index contributed by atoms with van der Waals surface area (Å²) in [5.74, 6) is 1.23. The summed E-state index contributed by atoms with van der Waals surface area (Å²) in [7, 11) is 5.22. The van der Waals surface area contributed by atoms with Crippen LogP contribution in [0.3, 0.4) is 0 Å². The van der Waals surface area contributed by atoms with E-state index >= 15 is 0 Å². The van der Waals surface area contributed by atoms with Gasteiger partial charge in [-0.1, -0.05) is 48.5 Å². The highest BCUT2D eigenvalue weighted by Crippen LogP contribution is 2.39. The molecule has 4 aromatic carbocycles. The van der Waals surface area contributed by atoms with Crippen LogP contribution >= 0.6 is 23.5 Å². The van der Waals surface area contributed by atoms with Gasteiger partial charge in [0.05, 0.1) is 31.0 Å². The van der Waals surface area contributed by atoms with Crippen LogP contribution in [0.5, 0.6) is 17.2 Å². The van der Waals surface area contributed by atoms with Crippen LogP contribution in [0.15, 0.2) is 88.8 Å².